The molecule has 0 aromatic heterocycles. The first-order valence-electron chi connectivity index (χ1n) is 9.07. The first-order valence-corrected chi connectivity index (χ1v) is 9.07. The smallest absolute Gasteiger partial charge is 0.373 e. The lowest BCUT2D eigenvalue weighted by atomic mass is 10.0. The van der Waals surface area contributed by atoms with E-state index in [2.05, 4.69) is 20.8 Å². The number of hydrogen-bond acceptors (Lipinski definition) is 4. The highest BCUT2D eigenvalue weighted by Crippen LogP contribution is 2.13. The molecule has 0 amide bonds. The summed E-state index contributed by atoms with van der Waals surface area (Å²) >= 11 is 0. The average Bonchev–Trinajstić information content (AvgIpc) is 2.61. The minimum Gasteiger partial charge on any atom is -0.378 e. The van der Waals surface area contributed by atoms with Crippen molar-refractivity contribution in [1.29, 1.82) is 0 Å². The molecule has 0 aliphatic rings. The van der Waals surface area contributed by atoms with Crippen LogP contribution in [0.25, 0.3) is 0 Å². The summed E-state index contributed by atoms with van der Waals surface area (Å²) in [5.74, 6) is 0.0891. The number of carbonyl (C=O) groups is 1. The molecule has 1 atom stereocenters. The summed E-state index contributed by atoms with van der Waals surface area (Å²) in [4.78, 5) is 21.4. The molecule has 0 spiro atoms. The standard InChI is InChI=1S/C20H31O4/c1-4-7-9-17(6-3)16-22-14-15-23-24-20(21)19-12-10-18(8-5-2)11-13-19/h10-13,15,17H,4-9,14,16H2,1-3H3. The van der Waals surface area contributed by atoms with Crippen molar-refractivity contribution in [2.24, 2.45) is 5.92 Å². The monoisotopic (exact) mass is 335 g/mol. The Morgan fingerprint density at radius 3 is 2.50 bits per heavy atom. The van der Waals surface area contributed by atoms with E-state index in [9.17, 15) is 4.79 Å². The molecule has 0 saturated heterocycles. The summed E-state index contributed by atoms with van der Waals surface area (Å²) in [6, 6.07) is 7.39. The fourth-order valence-electron chi connectivity index (χ4n) is 2.43. The largest absolute Gasteiger partial charge is 0.378 e. The Morgan fingerprint density at radius 1 is 1.12 bits per heavy atom. The van der Waals surface area contributed by atoms with Crippen molar-refractivity contribution in [1.82, 2.24) is 0 Å². The van der Waals surface area contributed by atoms with Crippen LogP contribution in [-0.4, -0.2) is 19.2 Å². The highest BCUT2D eigenvalue weighted by molar-refractivity contribution is 5.88. The number of aryl methyl sites for hydroxylation is 1. The van der Waals surface area contributed by atoms with Gasteiger partial charge in [0.25, 0.3) is 0 Å². The molecular formula is C20H31O4. The SMILES string of the molecule is CCCCC(CC)COC[CH]OOC(=O)c1ccc(CCC)cc1. The second-order valence-electron chi connectivity index (χ2n) is 6.03. The van der Waals surface area contributed by atoms with Gasteiger partial charge in [0.15, 0.2) is 6.61 Å². The van der Waals surface area contributed by atoms with E-state index in [0.29, 0.717) is 24.7 Å². The highest BCUT2D eigenvalue weighted by atomic mass is 17.2. The van der Waals surface area contributed by atoms with Gasteiger partial charge < -0.3 is 4.74 Å². The maximum Gasteiger partial charge on any atom is 0.373 e. The lowest BCUT2D eigenvalue weighted by Crippen LogP contribution is -2.11. The zero-order valence-electron chi connectivity index (χ0n) is 15.3. The van der Waals surface area contributed by atoms with Crippen LogP contribution in [0.3, 0.4) is 0 Å². The fourth-order valence-corrected chi connectivity index (χ4v) is 2.43. The molecule has 0 aliphatic heterocycles. The van der Waals surface area contributed by atoms with Crippen molar-refractivity contribution >= 4 is 5.97 Å². The summed E-state index contributed by atoms with van der Waals surface area (Å²) in [5, 5.41) is 0. The predicted molar refractivity (Wildman–Crippen MR) is 95.4 cm³/mol. The van der Waals surface area contributed by atoms with Crippen LogP contribution in [0.5, 0.6) is 0 Å². The molecule has 4 nitrogen and oxygen atoms in total. The fraction of sp³-hybridized carbons (Fsp3) is 0.600. The Kier molecular flexibility index (Phi) is 11.2. The van der Waals surface area contributed by atoms with Crippen LogP contribution in [0.2, 0.25) is 0 Å². The summed E-state index contributed by atoms with van der Waals surface area (Å²) in [6.07, 6.45) is 6.84. The van der Waals surface area contributed by atoms with Crippen molar-refractivity contribution in [3.63, 3.8) is 0 Å². The summed E-state index contributed by atoms with van der Waals surface area (Å²) in [7, 11) is 0. The van der Waals surface area contributed by atoms with E-state index < -0.39 is 5.97 Å². The number of unbranched alkanes of at least 4 members (excludes halogenated alkanes) is 1. The molecule has 0 aliphatic carbocycles. The maximum atomic E-state index is 11.8. The lowest BCUT2D eigenvalue weighted by Gasteiger charge is -2.14. The molecule has 1 aromatic rings. The number of carbonyl (C=O) groups excluding carboxylic acids is 1. The quantitative estimate of drug-likeness (QED) is 0.285. The lowest BCUT2D eigenvalue weighted by molar-refractivity contribution is -0.218. The van der Waals surface area contributed by atoms with Crippen LogP contribution in [0.15, 0.2) is 24.3 Å². The van der Waals surface area contributed by atoms with E-state index in [1.54, 1.807) is 12.1 Å². The number of hydrogen-bond donors (Lipinski definition) is 0. The van der Waals surface area contributed by atoms with Crippen LogP contribution < -0.4 is 0 Å². The van der Waals surface area contributed by atoms with Crippen LogP contribution in [0, 0.1) is 12.5 Å². The molecule has 0 saturated carbocycles. The van der Waals surface area contributed by atoms with Gasteiger partial charge in [0.05, 0.1) is 12.2 Å². The van der Waals surface area contributed by atoms with Crippen LogP contribution >= 0.6 is 0 Å². The second-order valence-corrected chi connectivity index (χ2v) is 6.03. The third-order valence-electron chi connectivity index (χ3n) is 4.00. The van der Waals surface area contributed by atoms with Crippen molar-refractivity contribution in [3.05, 3.63) is 42.0 Å². The van der Waals surface area contributed by atoms with E-state index >= 15 is 0 Å². The van der Waals surface area contributed by atoms with E-state index in [4.69, 9.17) is 14.5 Å². The Hall–Kier alpha value is -1.39. The van der Waals surface area contributed by atoms with Crippen molar-refractivity contribution in [3.8, 4) is 0 Å². The minimum atomic E-state index is -0.497. The molecule has 1 rings (SSSR count). The van der Waals surface area contributed by atoms with Gasteiger partial charge in [-0.25, -0.2) is 4.79 Å². The average molecular weight is 335 g/mol. The van der Waals surface area contributed by atoms with Gasteiger partial charge >= 0.3 is 5.97 Å². The minimum absolute atomic E-state index is 0.311. The molecule has 24 heavy (non-hydrogen) atoms. The van der Waals surface area contributed by atoms with Gasteiger partial charge in [-0.1, -0.05) is 58.6 Å². The van der Waals surface area contributed by atoms with Gasteiger partial charge in [0.2, 0.25) is 0 Å². The Labute approximate surface area is 146 Å². The van der Waals surface area contributed by atoms with Gasteiger partial charge in [-0.15, -0.1) is 0 Å². The molecule has 0 bridgehead atoms. The van der Waals surface area contributed by atoms with Crippen LogP contribution in [0.1, 0.15) is 68.8 Å². The number of ether oxygens (including phenoxy) is 1. The Morgan fingerprint density at radius 2 is 1.88 bits per heavy atom. The van der Waals surface area contributed by atoms with Crippen molar-refractivity contribution < 1.29 is 19.3 Å². The van der Waals surface area contributed by atoms with Gasteiger partial charge in [-0.2, -0.15) is 4.89 Å². The molecule has 1 aromatic carbocycles. The molecule has 0 fully saturated rings. The first-order chi connectivity index (χ1) is 11.7. The first kappa shape index (κ1) is 20.7. The third kappa shape index (κ3) is 8.46. The summed E-state index contributed by atoms with van der Waals surface area (Å²) in [5.41, 5.74) is 1.69. The molecule has 1 unspecified atom stereocenters. The van der Waals surface area contributed by atoms with Crippen LogP contribution in [0.4, 0.5) is 0 Å². The molecule has 135 valence electrons. The Balaban J connectivity index is 2.14. The Bertz CT molecular complexity index is 441. The van der Waals surface area contributed by atoms with Gasteiger partial charge in [-0.3, -0.25) is 4.89 Å². The molecule has 0 heterocycles. The number of benzene rings is 1. The van der Waals surface area contributed by atoms with Gasteiger partial charge in [-0.05, 0) is 36.5 Å². The predicted octanol–water partition coefficient (Wildman–Crippen LogP) is 5.12. The zero-order chi connectivity index (χ0) is 17.6. The molecule has 4 heteroatoms. The topological polar surface area (TPSA) is 44.8 Å². The van der Waals surface area contributed by atoms with E-state index in [1.807, 2.05) is 12.1 Å². The zero-order valence-corrected chi connectivity index (χ0v) is 15.3. The molecular weight excluding hydrogens is 304 g/mol. The van der Waals surface area contributed by atoms with Gasteiger partial charge in [0.1, 0.15) is 0 Å². The normalized spacial score (nSPS) is 12.1. The molecule has 0 N–H and O–H groups in total. The highest BCUT2D eigenvalue weighted by Gasteiger charge is 2.09. The summed E-state index contributed by atoms with van der Waals surface area (Å²) in [6.45, 7) is 8.89. The molecule has 1 radical (unpaired) electrons. The summed E-state index contributed by atoms with van der Waals surface area (Å²) < 4.78 is 5.54. The van der Waals surface area contributed by atoms with Crippen molar-refractivity contribution in [2.45, 2.75) is 59.3 Å². The second kappa shape index (κ2) is 13.0. The third-order valence-corrected chi connectivity index (χ3v) is 4.00. The van der Waals surface area contributed by atoms with E-state index in [0.717, 1.165) is 19.3 Å². The van der Waals surface area contributed by atoms with E-state index in [1.165, 1.54) is 31.4 Å². The van der Waals surface area contributed by atoms with Crippen LogP contribution in [-0.2, 0) is 20.9 Å². The van der Waals surface area contributed by atoms with Gasteiger partial charge in [0, 0.05) is 6.61 Å². The maximum absolute atomic E-state index is 11.8. The van der Waals surface area contributed by atoms with E-state index in [-0.39, 0.29) is 0 Å². The van der Waals surface area contributed by atoms with Crippen molar-refractivity contribution in [2.75, 3.05) is 13.2 Å². The number of rotatable bonds is 13.